The molecule has 2 unspecified atom stereocenters. The second kappa shape index (κ2) is 5.76. The summed E-state index contributed by atoms with van der Waals surface area (Å²) >= 11 is 5.72. The standard InChI is InChI=1S/C9H13ClN4O3/c1-4(15)12-2-5(16)8(17)7-9(10)14-6(11)3-13-7/h3,5,8,16-17H,2H2,1H3,(H2,11,14)(H,12,15). The summed E-state index contributed by atoms with van der Waals surface area (Å²) in [5, 5.41) is 21.6. The number of nitrogens with two attached hydrogens (primary N) is 1. The van der Waals surface area contributed by atoms with E-state index in [-0.39, 0.29) is 29.1 Å². The number of rotatable bonds is 4. The van der Waals surface area contributed by atoms with Gasteiger partial charge in [-0.3, -0.25) is 9.78 Å². The molecule has 0 saturated carbocycles. The van der Waals surface area contributed by atoms with Crippen molar-refractivity contribution in [3.05, 3.63) is 17.0 Å². The number of carbonyl (C=O) groups is 1. The molecule has 5 N–H and O–H groups in total. The lowest BCUT2D eigenvalue weighted by molar-refractivity contribution is -0.119. The largest absolute Gasteiger partial charge is 0.388 e. The average molecular weight is 261 g/mol. The Morgan fingerprint density at radius 3 is 2.82 bits per heavy atom. The Balaban J connectivity index is 2.74. The van der Waals surface area contributed by atoms with E-state index >= 15 is 0 Å². The van der Waals surface area contributed by atoms with Crippen molar-refractivity contribution in [3.8, 4) is 0 Å². The summed E-state index contributed by atoms with van der Waals surface area (Å²) in [6.07, 6.45) is -1.35. The summed E-state index contributed by atoms with van der Waals surface area (Å²) in [4.78, 5) is 18.1. The molecule has 1 aromatic heterocycles. The summed E-state index contributed by atoms with van der Waals surface area (Å²) in [6.45, 7) is 1.19. The Bertz CT molecular complexity index is 415. The molecule has 0 aromatic carbocycles. The Hall–Kier alpha value is -1.44. The van der Waals surface area contributed by atoms with Crippen LogP contribution in [0.4, 0.5) is 5.82 Å². The van der Waals surface area contributed by atoms with Gasteiger partial charge in [-0.15, -0.1) is 0 Å². The van der Waals surface area contributed by atoms with Crippen LogP contribution in [0.5, 0.6) is 0 Å². The van der Waals surface area contributed by atoms with E-state index in [0.29, 0.717) is 0 Å². The van der Waals surface area contributed by atoms with Gasteiger partial charge >= 0.3 is 0 Å². The zero-order chi connectivity index (χ0) is 13.0. The van der Waals surface area contributed by atoms with Crippen molar-refractivity contribution < 1.29 is 15.0 Å². The number of aliphatic hydroxyl groups excluding tert-OH is 2. The lowest BCUT2D eigenvalue weighted by Gasteiger charge is -2.18. The second-order valence-corrected chi connectivity index (χ2v) is 3.78. The van der Waals surface area contributed by atoms with Crippen LogP contribution in [0.1, 0.15) is 18.7 Å². The van der Waals surface area contributed by atoms with E-state index in [4.69, 9.17) is 17.3 Å². The van der Waals surface area contributed by atoms with Crippen molar-refractivity contribution in [2.45, 2.75) is 19.1 Å². The number of nitrogens with one attached hydrogen (secondary N) is 1. The third-order valence-electron chi connectivity index (χ3n) is 1.98. The number of hydrogen-bond acceptors (Lipinski definition) is 6. The predicted octanol–water partition coefficient (Wildman–Crippen LogP) is -0.757. The summed E-state index contributed by atoms with van der Waals surface area (Å²) in [6, 6.07) is 0. The molecule has 0 saturated heterocycles. The molecule has 0 fully saturated rings. The fourth-order valence-corrected chi connectivity index (χ4v) is 1.39. The van der Waals surface area contributed by atoms with Crippen LogP contribution in [0.25, 0.3) is 0 Å². The molecule has 17 heavy (non-hydrogen) atoms. The first-order valence-electron chi connectivity index (χ1n) is 4.80. The third-order valence-corrected chi connectivity index (χ3v) is 2.26. The van der Waals surface area contributed by atoms with Crippen molar-refractivity contribution in [2.75, 3.05) is 12.3 Å². The van der Waals surface area contributed by atoms with Crippen LogP contribution in [0.2, 0.25) is 5.15 Å². The molecule has 1 heterocycles. The quantitative estimate of drug-likeness (QED) is 0.565. The lowest BCUT2D eigenvalue weighted by Crippen LogP contribution is -2.34. The van der Waals surface area contributed by atoms with E-state index in [1.54, 1.807) is 0 Å². The fourth-order valence-electron chi connectivity index (χ4n) is 1.13. The number of anilines is 1. The van der Waals surface area contributed by atoms with Gasteiger partial charge in [-0.2, -0.15) is 0 Å². The van der Waals surface area contributed by atoms with E-state index in [0.717, 1.165) is 0 Å². The van der Waals surface area contributed by atoms with Crippen LogP contribution in [-0.4, -0.2) is 38.7 Å². The summed E-state index contributed by atoms with van der Waals surface area (Å²) in [5.74, 6) is -0.201. The normalized spacial score (nSPS) is 14.1. The number of amides is 1. The van der Waals surface area contributed by atoms with Crippen LogP contribution in [0.15, 0.2) is 6.20 Å². The van der Waals surface area contributed by atoms with Crippen LogP contribution in [0, 0.1) is 0 Å². The van der Waals surface area contributed by atoms with Gasteiger partial charge in [0.05, 0.1) is 6.20 Å². The Morgan fingerprint density at radius 2 is 2.29 bits per heavy atom. The molecule has 1 amide bonds. The van der Waals surface area contributed by atoms with E-state index in [2.05, 4.69) is 15.3 Å². The predicted molar refractivity (Wildman–Crippen MR) is 61.1 cm³/mol. The van der Waals surface area contributed by atoms with Gasteiger partial charge in [0.15, 0.2) is 5.15 Å². The minimum Gasteiger partial charge on any atom is -0.388 e. The maximum atomic E-state index is 10.6. The Labute approximate surface area is 103 Å². The molecule has 2 atom stereocenters. The topological polar surface area (TPSA) is 121 Å². The minimum absolute atomic E-state index is 0.0127. The zero-order valence-electron chi connectivity index (χ0n) is 9.09. The SMILES string of the molecule is CC(=O)NCC(O)C(O)c1ncc(N)nc1Cl. The minimum atomic E-state index is -1.34. The van der Waals surface area contributed by atoms with Crippen LogP contribution in [-0.2, 0) is 4.79 Å². The van der Waals surface area contributed by atoms with Crippen molar-refractivity contribution in [1.29, 1.82) is 0 Å². The second-order valence-electron chi connectivity index (χ2n) is 3.42. The molecule has 1 aromatic rings. The molecule has 0 aliphatic rings. The maximum Gasteiger partial charge on any atom is 0.216 e. The number of nitrogen functional groups attached to an aromatic ring is 1. The Morgan fingerprint density at radius 1 is 1.65 bits per heavy atom. The number of nitrogens with zero attached hydrogens (tertiary/aromatic N) is 2. The number of hydrogen-bond donors (Lipinski definition) is 4. The van der Waals surface area contributed by atoms with E-state index < -0.39 is 12.2 Å². The molecule has 7 nitrogen and oxygen atoms in total. The van der Waals surface area contributed by atoms with Crippen molar-refractivity contribution in [2.24, 2.45) is 0 Å². The van der Waals surface area contributed by atoms with Crippen molar-refractivity contribution in [1.82, 2.24) is 15.3 Å². The van der Waals surface area contributed by atoms with Gasteiger partial charge in [-0.1, -0.05) is 11.6 Å². The number of halogens is 1. The van der Waals surface area contributed by atoms with E-state index in [9.17, 15) is 15.0 Å². The highest BCUT2D eigenvalue weighted by Gasteiger charge is 2.23. The smallest absolute Gasteiger partial charge is 0.216 e. The van der Waals surface area contributed by atoms with Gasteiger partial charge in [0.25, 0.3) is 0 Å². The molecule has 1 rings (SSSR count). The highest BCUT2D eigenvalue weighted by molar-refractivity contribution is 6.30. The number of aliphatic hydroxyl groups is 2. The highest BCUT2D eigenvalue weighted by Crippen LogP contribution is 2.21. The first kappa shape index (κ1) is 13.6. The Kier molecular flexibility index (Phi) is 4.62. The third kappa shape index (κ3) is 3.81. The van der Waals surface area contributed by atoms with Gasteiger partial charge in [-0.25, -0.2) is 4.98 Å². The lowest BCUT2D eigenvalue weighted by atomic mass is 10.1. The first-order valence-corrected chi connectivity index (χ1v) is 5.18. The fraction of sp³-hybridized carbons (Fsp3) is 0.444. The van der Waals surface area contributed by atoms with Crippen LogP contribution >= 0.6 is 11.6 Å². The van der Waals surface area contributed by atoms with E-state index in [1.165, 1.54) is 13.1 Å². The molecular weight excluding hydrogens is 248 g/mol. The molecule has 94 valence electrons. The summed E-state index contributed by atoms with van der Waals surface area (Å²) in [7, 11) is 0. The molecule has 0 bridgehead atoms. The monoisotopic (exact) mass is 260 g/mol. The summed E-state index contributed by atoms with van der Waals surface area (Å²) < 4.78 is 0. The number of carbonyl (C=O) groups excluding carboxylic acids is 1. The summed E-state index contributed by atoms with van der Waals surface area (Å²) in [5.41, 5.74) is 5.36. The van der Waals surface area contributed by atoms with Gasteiger partial charge < -0.3 is 21.3 Å². The van der Waals surface area contributed by atoms with Gasteiger partial charge in [-0.05, 0) is 0 Å². The molecule has 8 heteroatoms. The zero-order valence-corrected chi connectivity index (χ0v) is 9.85. The van der Waals surface area contributed by atoms with E-state index in [1.807, 2.05) is 0 Å². The van der Waals surface area contributed by atoms with Crippen molar-refractivity contribution >= 4 is 23.3 Å². The molecule has 0 spiro atoms. The van der Waals surface area contributed by atoms with Gasteiger partial charge in [0.2, 0.25) is 5.91 Å². The molecule has 0 radical (unpaired) electrons. The maximum absolute atomic E-state index is 10.6. The number of aromatic nitrogens is 2. The molecule has 0 aliphatic carbocycles. The van der Waals surface area contributed by atoms with Crippen LogP contribution < -0.4 is 11.1 Å². The highest BCUT2D eigenvalue weighted by atomic mass is 35.5. The first-order chi connectivity index (χ1) is 7.91. The van der Waals surface area contributed by atoms with Crippen LogP contribution in [0.3, 0.4) is 0 Å². The van der Waals surface area contributed by atoms with Gasteiger partial charge in [0, 0.05) is 13.5 Å². The van der Waals surface area contributed by atoms with Gasteiger partial charge in [0.1, 0.15) is 23.7 Å². The average Bonchev–Trinajstić information content (AvgIpc) is 2.25. The molecular formula is C9H13ClN4O3. The molecule has 0 aliphatic heterocycles. The van der Waals surface area contributed by atoms with Crippen molar-refractivity contribution in [3.63, 3.8) is 0 Å².